The van der Waals surface area contributed by atoms with Gasteiger partial charge >= 0.3 is 0 Å². The summed E-state index contributed by atoms with van der Waals surface area (Å²) < 4.78 is 82.9. The highest BCUT2D eigenvalue weighted by molar-refractivity contribution is 8.07. The van der Waals surface area contributed by atoms with E-state index in [1.807, 2.05) is 0 Å². The van der Waals surface area contributed by atoms with Gasteiger partial charge in [-0.3, -0.25) is 0 Å². The highest BCUT2D eigenvalue weighted by Crippen LogP contribution is 2.71. The fourth-order valence-electron chi connectivity index (χ4n) is 3.03. The Morgan fingerprint density at radius 1 is 0.667 bits per heavy atom. The molecule has 10 heteroatoms. The molecule has 158 valence electrons. The highest BCUT2D eigenvalue weighted by Gasteiger charge is 2.50. The van der Waals surface area contributed by atoms with Crippen LogP contribution in [-0.4, -0.2) is 10.3 Å². The maximum absolute atomic E-state index is 13.9. The topological polar surface area (TPSA) is 20.2 Å². The Morgan fingerprint density at radius 3 is 1.30 bits per heavy atom. The lowest BCUT2D eigenvalue weighted by molar-refractivity contribution is 0.582. The van der Waals surface area contributed by atoms with Gasteiger partial charge in [0.25, 0.3) is 6.84 Å². The van der Waals surface area contributed by atoms with Gasteiger partial charge in [-0.05, 0) is 41.8 Å². The average Bonchev–Trinajstić information content (AvgIpc) is 2.59. The molecule has 0 saturated carbocycles. The molecule has 0 amide bonds. The van der Waals surface area contributed by atoms with Gasteiger partial charge < -0.3 is 0 Å². The summed E-state index contributed by atoms with van der Waals surface area (Å²) in [4.78, 5) is 11.1. The van der Waals surface area contributed by atoms with Crippen LogP contribution in [0.3, 0.4) is 0 Å². The largest absolute Gasteiger partial charge is 0.278 e. The van der Waals surface area contributed by atoms with Crippen LogP contribution in [0.2, 0.25) is 0 Å². The molecule has 0 aliphatic rings. The van der Waals surface area contributed by atoms with Crippen LogP contribution in [0.15, 0.2) is 54.6 Å². The molecular weight excluding hydrogens is 468 g/mol. The van der Waals surface area contributed by atoms with Crippen LogP contribution in [0.4, 0.5) is 26.3 Å². The van der Waals surface area contributed by atoms with Crippen LogP contribution < -0.4 is 15.9 Å². The van der Waals surface area contributed by atoms with E-state index in [2.05, 4.69) is 0 Å². The molecule has 3 aromatic rings. The summed E-state index contributed by atoms with van der Waals surface area (Å²) in [6, 6.07) is 7.42. The number of halogens is 7. The van der Waals surface area contributed by atoms with Crippen molar-refractivity contribution in [2.45, 2.75) is 12.3 Å². The molecule has 0 bridgehead atoms. The Labute approximate surface area is 175 Å². The second kappa shape index (κ2) is 8.84. The third kappa shape index (κ3) is 4.97. The van der Waals surface area contributed by atoms with Crippen molar-refractivity contribution in [1.29, 1.82) is 0 Å². The van der Waals surface area contributed by atoms with Crippen molar-refractivity contribution in [3.63, 3.8) is 0 Å². The van der Waals surface area contributed by atoms with Crippen molar-refractivity contribution in [3.05, 3.63) is 89.5 Å². The van der Waals surface area contributed by atoms with E-state index in [-0.39, 0.29) is 15.9 Å². The highest BCUT2D eigenvalue weighted by atomic mass is 35.7. The smallest absolute Gasteiger partial charge is 0.227 e. The Bertz CT molecular complexity index is 983. The third-order valence-electron chi connectivity index (χ3n) is 4.33. The van der Waals surface area contributed by atoms with Gasteiger partial charge in [-0.25, -0.2) is 31.2 Å². The molecule has 0 saturated heterocycles. The number of hydrogen-bond donors (Lipinski definition) is 1. The molecule has 0 aliphatic carbocycles. The molecule has 0 aromatic heterocycles. The fraction of sp³-hybridized carbons (Fsp3) is 0.100. The van der Waals surface area contributed by atoms with Crippen molar-refractivity contribution in [2.24, 2.45) is 0 Å². The van der Waals surface area contributed by atoms with Crippen LogP contribution in [0.1, 0.15) is 6.92 Å². The quantitative estimate of drug-likeness (QED) is 0.366. The van der Waals surface area contributed by atoms with Gasteiger partial charge in [0.15, 0.2) is 0 Å². The predicted molar refractivity (Wildman–Crippen MR) is 109 cm³/mol. The van der Waals surface area contributed by atoms with E-state index in [0.717, 1.165) is 36.4 Å². The zero-order chi connectivity index (χ0) is 22.2. The maximum atomic E-state index is 13.9. The summed E-state index contributed by atoms with van der Waals surface area (Å²) in [5.74, 6) is -5.70. The van der Waals surface area contributed by atoms with E-state index in [1.165, 1.54) is 6.92 Å². The van der Waals surface area contributed by atoms with E-state index in [0.29, 0.717) is 18.2 Å². The molecular formula is C20H14ClF6OP2+. The lowest BCUT2D eigenvalue weighted by Crippen LogP contribution is -2.26. The van der Waals surface area contributed by atoms with Crippen LogP contribution in [0.5, 0.6) is 0 Å². The summed E-state index contributed by atoms with van der Waals surface area (Å²) in [7, 11) is -2.05. The molecule has 1 nitrogen and oxygen atoms in total. The van der Waals surface area contributed by atoms with Gasteiger partial charge in [0.1, 0.15) is 56.8 Å². The van der Waals surface area contributed by atoms with E-state index in [4.69, 9.17) is 11.2 Å². The van der Waals surface area contributed by atoms with Gasteiger partial charge in [-0.15, -0.1) is 0 Å². The molecule has 0 radical (unpaired) electrons. The normalized spacial score (nSPS) is 14.6. The molecule has 30 heavy (non-hydrogen) atoms. The Kier molecular flexibility index (Phi) is 6.78. The zero-order valence-electron chi connectivity index (χ0n) is 15.3. The van der Waals surface area contributed by atoms with E-state index in [1.54, 1.807) is 0 Å². The molecule has 1 N–H and O–H groups in total. The van der Waals surface area contributed by atoms with Gasteiger partial charge in [0.05, 0.1) is 0 Å². The monoisotopic (exact) mass is 481 g/mol. The molecule has 0 aliphatic heterocycles. The fourth-order valence-corrected chi connectivity index (χ4v) is 9.78. The Morgan fingerprint density at radius 2 is 0.967 bits per heavy atom. The second-order valence-corrected chi connectivity index (χ2v) is 13.5. The van der Waals surface area contributed by atoms with Gasteiger partial charge in [-0.2, -0.15) is 0 Å². The molecule has 3 aromatic carbocycles. The number of benzene rings is 3. The lowest BCUT2D eigenvalue weighted by Gasteiger charge is -2.28. The third-order valence-corrected chi connectivity index (χ3v) is 12.2. The summed E-state index contributed by atoms with van der Waals surface area (Å²) in [6.45, 7) is -2.45. The predicted octanol–water partition coefficient (Wildman–Crippen LogP) is 5.70. The van der Waals surface area contributed by atoms with Gasteiger partial charge in [0, 0.05) is 38.3 Å². The first-order chi connectivity index (χ1) is 14.0. The average molecular weight is 482 g/mol. The van der Waals surface area contributed by atoms with Crippen LogP contribution in [-0.2, 0) is 0 Å². The summed E-state index contributed by atoms with van der Waals surface area (Å²) in [5.41, 5.74) is 0. The van der Waals surface area contributed by atoms with Crippen LogP contribution in [0.25, 0.3) is 0 Å². The molecule has 2 unspecified atom stereocenters. The van der Waals surface area contributed by atoms with Crippen molar-refractivity contribution in [1.82, 2.24) is 0 Å². The molecule has 0 fully saturated rings. The van der Waals surface area contributed by atoms with Crippen molar-refractivity contribution in [3.8, 4) is 0 Å². The molecule has 3 rings (SSSR count). The molecule has 2 atom stereocenters. The SMILES string of the molecule is CC(P(c1cc(F)cc(F)c1)c1cc(F)cc(F)c1)[P+](O)(Cl)c1cc(F)cc(F)c1. The minimum atomic E-state index is -3.86. The van der Waals surface area contributed by atoms with Crippen LogP contribution >= 0.6 is 26.0 Å². The van der Waals surface area contributed by atoms with E-state index >= 15 is 0 Å². The van der Waals surface area contributed by atoms with Crippen molar-refractivity contribution < 1.29 is 31.2 Å². The molecule has 0 spiro atoms. The first-order valence-corrected chi connectivity index (χ1v) is 12.6. The maximum Gasteiger partial charge on any atom is 0.278 e. The Hall–Kier alpha value is -1.65. The van der Waals surface area contributed by atoms with Gasteiger partial charge in [-0.1, -0.05) is 0 Å². The Balaban J connectivity index is 2.20. The van der Waals surface area contributed by atoms with E-state index in [9.17, 15) is 31.2 Å². The summed E-state index contributed by atoms with van der Waals surface area (Å²) in [5, 5.41) is -1.29. The minimum absolute atomic E-state index is 0.0101. The lowest BCUT2D eigenvalue weighted by atomic mass is 10.3. The first-order valence-electron chi connectivity index (χ1n) is 8.46. The first kappa shape index (κ1) is 23.0. The van der Waals surface area contributed by atoms with Crippen LogP contribution in [0, 0.1) is 34.9 Å². The van der Waals surface area contributed by atoms with Crippen molar-refractivity contribution >= 4 is 41.9 Å². The van der Waals surface area contributed by atoms with E-state index < -0.39 is 55.1 Å². The molecule has 0 heterocycles. The second-order valence-electron chi connectivity index (χ2n) is 6.49. The zero-order valence-corrected chi connectivity index (χ0v) is 17.8. The summed E-state index contributed by atoms with van der Waals surface area (Å²) >= 11 is 6.38. The van der Waals surface area contributed by atoms with Gasteiger partial charge in [0.2, 0.25) is 0 Å². The minimum Gasteiger partial charge on any atom is -0.227 e. The number of rotatable bonds is 5. The van der Waals surface area contributed by atoms with Crippen molar-refractivity contribution in [2.75, 3.05) is 0 Å². The summed E-state index contributed by atoms with van der Waals surface area (Å²) in [6.07, 6.45) is 0. The number of hydrogen-bond acceptors (Lipinski definition) is 1. The standard InChI is InChI=1S/C20H14ClF6OP2/c1-11(30(21,28)20-9-16(26)4-17(27)10-20)29(18-5-12(22)2-13(23)6-18)19-7-14(24)3-15(25)8-19/h2-11,28H,1H3/q+1.